The second-order valence-corrected chi connectivity index (χ2v) is 5.84. The third-order valence-electron chi connectivity index (χ3n) is 4.06. The second kappa shape index (κ2) is 6.93. The van der Waals surface area contributed by atoms with Gasteiger partial charge in [-0.2, -0.15) is 0 Å². The quantitative estimate of drug-likeness (QED) is 0.927. The van der Waals surface area contributed by atoms with Gasteiger partial charge in [0.25, 0.3) is 5.91 Å². The number of benzene rings is 2. The van der Waals surface area contributed by atoms with Crippen molar-refractivity contribution in [3.63, 3.8) is 0 Å². The minimum Gasteiger partial charge on any atom is -0.490 e. The van der Waals surface area contributed by atoms with E-state index in [4.69, 9.17) is 4.74 Å². The van der Waals surface area contributed by atoms with Crippen LogP contribution in [-0.2, 0) is 4.79 Å². The maximum absolute atomic E-state index is 14.1. The van der Waals surface area contributed by atoms with Crippen LogP contribution in [0.3, 0.4) is 0 Å². The molecule has 0 saturated heterocycles. The van der Waals surface area contributed by atoms with Crippen molar-refractivity contribution in [2.75, 3.05) is 16.8 Å². The van der Waals surface area contributed by atoms with E-state index in [1.807, 2.05) is 0 Å². The number of hydrogen-bond acceptors (Lipinski definition) is 3. The number of anilines is 2. The fraction of sp³-hybridized carbons (Fsp3) is 0.263. The molecule has 0 radical (unpaired) electrons. The largest absolute Gasteiger partial charge is 0.490 e. The van der Waals surface area contributed by atoms with Crippen LogP contribution in [0.4, 0.5) is 15.8 Å². The van der Waals surface area contributed by atoms with Crippen LogP contribution in [0, 0.1) is 5.82 Å². The van der Waals surface area contributed by atoms with Gasteiger partial charge >= 0.3 is 0 Å². The zero-order chi connectivity index (χ0) is 18.0. The highest BCUT2D eigenvalue weighted by Crippen LogP contribution is 2.34. The van der Waals surface area contributed by atoms with Gasteiger partial charge in [0.05, 0.1) is 23.5 Å². The number of ether oxygens (including phenoxy) is 1. The Morgan fingerprint density at radius 1 is 1.28 bits per heavy atom. The summed E-state index contributed by atoms with van der Waals surface area (Å²) >= 11 is 0. The van der Waals surface area contributed by atoms with Gasteiger partial charge in [-0.1, -0.05) is 18.2 Å². The summed E-state index contributed by atoms with van der Waals surface area (Å²) in [7, 11) is 0. The summed E-state index contributed by atoms with van der Waals surface area (Å²) < 4.78 is 19.5. The number of nitrogens with zero attached hydrogens (tertiary/aromatic N) is 1. The summed E-state index contributed by atoms with van der Waals surface area (Å²) in [6, 6.07) is 11.0. The Kier molecular flexibility index (Phi) is 4.70. The van der Waals surface area contributed by atoms with Gasteiger partial charge in [0, 0.05) is 12.5 Å². The van der Waals surface area contributed by atoms with E-state index >= 15 is 0 Å². The number of halogens is 1. The van der Waals surface area contributed by atoms with E-state index in [-0.39, 0.29) is 36.3 Å². The Hall–Kier alpha value is -2.89. The molecule has 0 spiro atoms. The molecular formula is C19H19FN2O3. The van der Waals surface area contributed by atoms with Gasteiger partial charge in [0.15, 0.2) is 11.6 Å². The lowest BCUT2D eigenvalue weighted by Crippen LogP contribution is -2.39. The predicted molar refractivity (Wildman–Crippen MR) is 93.5 cm³/mol. The third kappa shape index (κ3) is 3.20. The lowest BCUT2D eigenvalue weighted by Gasteiger charge is -2.28. The Morgan fingerprint density at radius 2 is 2.04 bits per heavy atom. The molecule has 0 saturated carbocycles. The molecule has 2 aromatic rings. The Bertz CT molecular complexity index is 822. The maximum atomic E-state index is 14.1. The third-order valence-corrected chi connectivity index (χ3v) is 4.06. The number of rotatable bonds is 3. The van der Waals surface area contributed by atoms with Crippen LogP contribution in [0.5, 0.6) is 5.75 Å². The monoisotopic (exact) mass is 342 g/mol. The van der Waals surface area contributed by atoms with Gasteiger partial charge in [0.1, 0.15) is 0 Å². The van der Waals surface area contributed by atoms with Crippen molar-refractivity contribution >= 4 is 23.2 Å². The van der Waals surface area contributed by atoms with Crippen molar-refractivity contribution in [3.8, 4) is 5.75 Å². The number of para-hydroxylation sites is 3. The molecule has 130 valence electrons. The van der Waals surface area contributed by atoms with Gasteiger partial charge in [-0.25, -0.2) is 4.39 Å². The average molecular weight is 342 g/mol. The number of amides is 2. The SMILES string of the molecule is CCOc1c(F)cccc1C(=O)N1c2ccccc2NC(=O)C[C@H]1C. The summed E-state index contributed by atoms with van der Waals surface area (Å²) in [6.45, 7) is 3.76. The maximum Gasteiger partial charge on any atom is 0.262 e. The molecule has 1 N–H and O–H groups in total. The van der Waals surface area contributed by atoms with Gasteiger partial charge in [-0.05, 0) is 38.1 Å². The first-order valence-electron chi connectivity index (χ1n) is 8.16. The van der Waals surface area contributed by atoms with Crippen molar-refractivity contribution in [2.24, 2.45) is 0 Å². The van der Waals surface area contributed by atoms with Crippen molar-refractivity contribution in [1.82, 2.24) is 0 Å². The van der Waals surface area contributed by atoms with Gasteiger partial charge in [-0.3, -0.25) is 9.59 Å². The fourth-order valence-corrected chi connectivity index (χ4v) is 3.00. The van der Waals surface area contributed by atoms with E-state index < -0.39 is 11.7 Å². The first-order valence-corrected chi connectivity index (χ1v) is 8.16. The summed E-state index contributed by atoms with van der Waals surface area (Å²) in [5, 5.41) is 2.80. The van der Waals surface area contributed by atoms with E-state index in [0.29, 0.717) is 11.4 Å². The van der Waals surface area contributed by atoms with Gasteiger partial charge in [-0.15, -0.1) is 0 Å². The van der Waals surface area contributed by atoms with E-state index in [9.17, 15) is 14.0 Å². The van der Waals surface area contributed by atoms with Gasteiger partial charge in [0.2, 0.25) is 5.91 Å². The van der Waals surface area contributed by atoms with E-state index in [0.717, 1.165) is 0 Å². The van der Waals surface area contributed by atoms with Crippen LogP contribution in [0.2, 0.25) is 0 Å². The molecule has 0 aromatic heterocycles. The Morgan fingerprint density at radius 3 is 2.80 bits per heavy atom. The first kappa shape index (κ1) is 17.0. The smallest absolute Gasteiger partial charge is 0.262 e. The summed E-state index contributed by atoms with van der Waals surface area (Å²) in [4.78, 5) is 26.8. The zero-order valence-electron chi connectivity index (χ0n) is 14.1. The molecule has 1 atom stereocenters. The predicted octanol–water partition coefficient (Wildman–Crippen LogP) is 3.60. The molecular weight excluding hydrogens is 323 g/mol. The normalized spacial score (nSPS) is 16.7. The molecule has 0 fully saturated rings. The topological polar surface area (TPSA) is 58.6 Å². The zero-order valence-corrected chi connectivity index (χ0v) is 14.1. The molecule has 25 heavy (non-hydrogen) atoms. The number of carbonyl (C=O) groups excluding carboxylic acids is 2. The van der Waals surface area contributed by atoms with Crippen LogP contribution < -0.4 is 15.0 Å². The van der Waals surface area contributed by atoms with Crippen LogP contribution in [0.15, 0.2) is 42.5 Å². The lowest BCUT2D eigenvalue weighted by atomic mass is 10.1. The minimum absolute atomic E-state index is 0.0665. The lowest BCUT2D eigenvalue weighted by molar-refractivity contribution is -0.116. The molecule has 0 bridgehead atoms. The molecule has 6 heteroatoms. The standard InChI is InChI=1S/C19H19FN2O3/c1-3-25-18-13(7-6-8-14(18)20)19(24)22-12(2)11-17(23)21-15-9-4-5-10-16(15)22/h4-10,12H,3,11H2,1-2H3,(H,21,23)/t12-/m1/s1. The van der Waals surface area contributed by atoms with Crippen LogP contribution in [0.1, 0.15) is 30.6 Å². The molecule has 1 heterocycles. The number of nitrogens with one attached hydrogen (secondary N) is 1. The van der Waals surface area contributed by atoms with Crippen molar-refractivity contribution < 1.29 is 18.7 Å². The molecule has 1 aliphatic rings. The Labute approximate surface area is 145 Å². The van der Waals surface area contributed by atoms with Crippen molar-refractivity contribution in [1.29, 1.82) is 0 Å². The first-order chi connectivity index (χ1) is 12.0. The minimum atomic E-state index is -0.585. The van der Waals surface area contributed by atoms with Crippen molar-refractivity contribution in [2.45, 2.75) is 26.3 Å². The Balaban J connectivity index is 2.10. The van der Waals surface area contributed by atoms with Crippen LogP contribution >= 0.6 is 0 Å². The number of carbonyl (C=O) groups is 2. The summed E-state index contributed by atoms with van der Waals surface area (Å²) in [6.07, 6.45) is 0.152. The summed E-state index contributed by atoms with van der Waals surface area (Å²) in [5.41, 5.74) is 1.27. The van der Waals surface area contributed by atoms with Crippen LogP contribution in [-0.4, -0.2) is 24.5 Å². The van der Waals surface area contributed by atoms with E-state index in [2.05, 4.69) is 5.32 Å². The van der Waals surface area contributed by atoms with E-state index in [1.165, 1.54) is 23.1 Å². The average Bonchev–Trinajstić information content (AvgIpc) is 2.70. The van der Waals surface area contributed by atoms with Gasteiger partial charge < -0.3 is 15.0 Å². The van der Waals surface area contributed by atoms with E-state index in [1.54, 1.807) is 38.1 Å². The van der Waals surface area contributed by atoms with Crippen molar-refractivity contribution in [3.05, 3.63) is 53.8 Å². The molecule has 2 aromatic carbocycles. The number of fused-ring (bicyclic) bond motifs is 1. The molecule has 1 aliphatic heterocycles. The molecule has 0 aliphatic carbocycles. The highest BCUT2D eigenvalue weighted by Gasteiger charge is 2.32. The van der Waals surface area contributed by atoms with Crippen LogP contribution in [0.25, 0.3) is 0 Å². The highest BCUT2D eigenvalue weighted by atomic mass is 19.1. The summed E-state index contributed by atoms with van der Waals surface area (Å²) in [5.74, 6) is -1.22. The second-order valence-electron chi connectivity index (χ2n) is 5.84. The highest BCUT2D eigenvalue weighted by molar-refractivity contribution is 6.12. The number of hydrogen-bond donors (Lipinski definition) is 1. The molecule has 5 nitrogen and oxygen atoms in total. The fourth-order valence-electron chi connectivity index (χ4n) is 3.00. The molecule has 0 unspecified atom stereocenters. The molecule has 3 rings (SSSR count). The molecule has 2 amide bonds.